The lowest BCUT2D eigenvalue weighted by Gasteiger charge is -2.28. The number of hydrogen-bond acceptors (Lipinski definition) is 5. The third kappa shape index (κ3) is 3.68. The van der Waals surface area contributed by atoms with Gasteiger partial charge in [0.05, 0.1) is 23.0 Å². The molecule has 150 valence electrons. The Bertz CT molecular complexity index is 1150. The number of nitrogens with one attached hydrogen (secondary N) is 1. The lowest BCUT2D eigenvalue weighted by atomic mass is 9.93. The van der Waals surface area contributed by atoms with E-state index in [0.29, 0.717) is 41.2 Å². The van der Waals surface area contributed by atoms with Gasteiger partial charge in [-0.1, -0.05) is 24.3 Å². The van der Waals surface area contributed by atoms with E-state index in [1.54, 1.807) is 19.2 Å². The lowest BCUT2D eigenvalue weighted by Crippen LogP contribution is -2.42. The van der Waals surface area contributed by atoms with Crippen LogP contribution < -0.4 is 20.3 Å². The molecule has 1 aliphatic heterocycles. The van der Waals surface area contributed by atoms with Crippen molar-refractivity contribution in [3.8, 4) is 11.5 Å². The summed E-state index contributed by atoms with van der Waals surface area (Å²) in [7, 11) is 1.59. The summed E-state index contributed by atoms with van der Waals surface area (Å²) in [4.78, 5) is 25.1. The SMILES string of the molecule is Cn1nc(CC(=O)NC(C)(C)c2ccc3c(c2)OCCO3)c2ccccc2c1=O. The second-order valence-corrected chi connectivity index (χ2v) is 7.63. The summed E-state index contributed by atoms with van der Waals surface area (Å²) >= 11 is 0. The van der Waals surface area contributed by atoms with Gasteiger partial charge in [0.15, 0.2) is 11.5 Å². The summed E-state index contributed by atoms with van der Waals surface area (Å²) in [5.41, 5.74) is 0.677. The highest BCUT2D eigenvalue weighted by atomic mass is 16.6. The van der Waals surface area contributed by atoms with Crippen LogP contribution in [0.15, 0.2) is 47.3 Å². The highest BCUT2D eigenvalue weighted by Crippen LogP contribution is 2.34. The Morgan fingerprint density at radius 2 is 1.79 bits per heavy atom. The molecule has 0 spiro atoms. The fraction of sp³-hybridized carbons (Fsp3) is 0.318. The molecule has 7 nitrogen and oxygen atoms in total. The van der Waals surface area contributed by atoms with Gasteiger partial charge in [0, 0.05) is 12.4 Å². The molecule has 1 N–H and O–H groups in total. The van der Waals surface area contributed by atoms with Crippen LogP contribution in [0.1, 0.15) is 25.1 Å². The standard InChI is InChI=1S/C22H23N3O4/c1-22(2,14-8-9-18-19(12-14)29-11-10-28-18)23-20(26)13-17-15-6-4-5-7-16(15)21(27)25(3)24-17/h4-9,12H,10-11,13H2,1-3H3,(H,23,26). The predicted octanol–water partition coefficient (Wildman–Crippen LogP) is 2.30. The quantitative estimate of drug-likeness (QED) is 0.736. The highest BCUT2D eigenvalue weighted by molar-refractivity contribution is 5.88. The minimum Gasteiger partial charge on any atom is -0.486 e. The number of fused-ring (bicyclic) bond motifs is 2. The van der Waals surface area contributed by atoms with Gasteiger partial charge in [-0.2, -0.15) is 5.10 Å². The summed E-state index contributed by atoms with van der Waals surface area (Å²) in [5.74, 6) is 1.21. The van der Waals surface area contributed by atoms with Crippen LogP contribution in [-0.4, -0.2) is 28.9 Å². The van der Waals surface area contributed by atoms with E-state index in [0.717, 1.165) is 5.56 Å². The van der Waals surface area contributed by atoms with Crippen molar-refractivity contribution in [2.24, 2.45) is 7.05 Å². The monoisotopic (exact) mass is 393 g/mol. The van der Waals surface area contributed by atoms with Crippen LogP contribution in [0.25, 0.3) is 10.8 Å². The molecular weight excluding hydrogens is 370 g/mol. The average molecular weight is 393 g/mol. The van der Waals surface area contributed by atoms with Crippen LogP contribution in [0.4, 0.5) is 0 Å². The summed E-state index contributed by atoms with van der Waals surface area (Å²) in [5, 5.41) is 8.62. The summed E-state index contributed by atoms with van der Waals surface area (Å²) in [6.45, 7) is 4.91. The van der Waals surface area contributed by atoms with Crippen LogP contribution in [0.2, 0.25) is 0 Å². The van der Waals surface area contributed by atoms with Crippen LogP contribution in [0.3, 0.4) is 0 Å². The topological polar surface area (TPSA) is 82.5 Å². The van der Waals surface area contributed by atoms with Gasteiger partial charge in [-0.05, 0) is 37.6 Å². The molecule has 1 aliphatic rings. The molecule has 0 bridgehead atoms. The molecule has 7 heteroatoms. The van der Waals surface area contributed by atoms with Gasteiger partial charge >= 0.3 is 0 Å². The number of aromatic nitrogens is 2. The molecule has 4 rings (SSSR count). The van der Waals surface area contributed by atoms with Crippen molar-refractivity contribution in [2.75, 3.05) is 13.2 Å². The number of ether oxygens (including phenoxy) is 2. The minimum atomic E-state index is -0.622. The first-order chi connectivity index (χ1) is 13.8. The Morgan fingerprint density at radius 1 is 1.10 bits per heavy atom. The fourth-order valence-electron chi connectivity index (χ4n) is 3.56. The van der Waals surface area contributed by atoms with Gasteiger partial charge in [0.1, 0.15) is 13.2 Å². The third-order valence-electron chi connectivity index (χ3n) is 5.08. The zero-order valence-corrected chi connectivity index (χ0v) is 16.7. The molecule has 0 fully saturated rings. The predicted molar refractivity (Wildman–Crippen MR) is 109 cm³/mol. The molecule has 2 heterocycles. The Kier molecular flexibility index (Phi) is 4.74. The molecule has 1 aromatic heterocycles. The zero-order valence-electron chi connectivity index (χ0n) is 16.7. The first-order valence-electron chi connectivity index (χ1n) is 9.51. The van der Waals surface area contributed by atoms with Crippen molar-refractivity contribution in [3.05, 3.63) is 64.1 Å². The van der Waals surface area contributed by atoms with E-state index >= 15 is 0 Å². The number of carbonyl (C=O) groups excluding carboxylic acids is 1. The minimum absolute atomic E-state index is 0.0720. The number of benzene rings is 2. The van der Waals surface area contributed by atoms with Crippen LogP contribution in [0.5, 0.6) is 11.5 Å². The number of amides is 1. The van der Waals surface area contributed by atoms with Crippen LogP contribution in [0, 0.1) is 0 Å². The summed E-state index contributed by atoms with van der Waals surface area (Å²) in [6, 6.07) is 12.9. The number of aryl methyl sites for hydroxylation is 1. The smallest absolute Gasteiger partial charge is 0.274 e. The number of carbonyl (C=O) groups is 1. The Labute approximate surface area is 168 Å². The maximum absolute atomic E-state index is 12.8. The maximum atomic E-state index is 12.8. The van der Waals surface area contributed by atoms with Crippen LogP contribution >= 0.6 is 0 Å². The normalized spacial score (nSPS) is 13.3. The van der Waals surface area contributed by atoms with E-state index in [1.165, 1.54) is 4.68 Å². The van der Waals surface area contributed by atoms with Crippen molar-refractivity contribution < 1.29 is 14.3 Å². The molecule has 0 atom stereocenters. The molecule has 0 unspecified atom stereocenters. The van der Waals surface area contributed by atoms with E-state index in [1.807, 2.05) is 44.2 Å². The molecule has 2 aromatic carbocycles. The van der Waals surface area contributed by atoms with Gasteiger partial charge in [-0.25, -0.2) is 4.68 Å². The van der Waals surface area contributed by atoms with E-state index in [2.05, 4.69) is 10.4 Å². The molecule has 0 saturated carbocycles. The van der Waals surface area contributed by atoms with Crippen molar-refractivity contribution >= 4 is 16.7 Å². The van der Waals surface area contributed by atoms with Crippen molar-refractivity contribution in [1.82, 2.24) is 15.1 Å². The molecule has 0 aliphatic carbocycles. The first kappa shape index (κ1) is 19.0. The van der Waals surface area contributed by atoms with Crippen molar-refractivity contribution in [3.63, 3.8) is 0 Å². The van der Waals surface area contributed by atoms with Crippen molar-refractivity contribution in [1.29, 1.82) is 0 Å². The Morgan fingerprint density at radius 3 is 2.55 bits per heavy atom. The molecule has 0 radical (unpaired) electrons. The van der Waals surface area contributed by atoms with Gasteiger partial charge < -0.3 is 14.8 Å². The maximum Gasteiger partial charge on any atom is 0.274 e. The van der Waals surface area contributed by atoms with E-state index in [9.17, 15) is 9.59 Å². The molecule has 3 aromatic rings. The highest BCUT2D eigenvalue weighted by Gasteiger charge is 2.26. The number of hydrogen-bond donors (Lipinski definition) is 1. The Balaban J connectivity index is 1.58. The summed E-state index contributed by atoms with van der Waals surface area (Å²) < 4.78 is 12.5. The lowest BCUT2D eigenvalue weighted by molar-refractivity contribution is -0.122. The second kappa shape index (κ2) is 7.24. The number of rotatable bonds is 4. The van der Waals surface area contributed by atoms with Gasteiger partial charge in [-0.15, -0.1) is 0 Å². The number of nitrogens with zero attached hydrogens (tertiary/aromatic N) is 2. The van der Waals surface area contributed by atoms with Gasteiger partial charge in [0.25, 0.3) is 5.56 Å². The zero-order chi connectivity index (χ0) is 20.6. The largest absolute Gasteiger partial charge is 0.486 e. The Hall–Kier alpha value is -3.35. The van der Waals surface area contributed by atoms with E-state index in [4.69, 9.17) is 9.47 Å². The third-order valence-corrected chi connectivity index (χ3v) is 5.08. The van der Waals surface area contributed by atoms with E-state index < -0.39 is 5.54 Å². The van der Waals surface area contributed by atoms with Crippen LogP contribution in [-0.2, 0) is 23.8 Å². The second-order valence-electron chi connectivity index (χ2n) is 7.63. The van der Waals surface area contributed by atoms with E-state index in [-0.39, 0.29) is 17.9 Å². The molecular formula is C22H23N3O4. The molecule has 1 amide bonds. The fourth-order valence-corrected chi connectivity index (χ4v) is 3.56. The first-order valence-corrected chi connectivity index (χ1v) is 9.51. The molecule has 0 saturated heterocycles. The van der Waals surface area contributed by atoms with Gasteiger partial charge in [0.2, 0.25) is 5.91 Å². The summed E-state index contributed by atoms with van der Waals surface area (Å²) in [6.07, 6.45) is 0.0720. The van der Waals surface area contributed by atoms with Gasteiger partial charge in [-0.3, -0.25) is 9.59 Å². The van der Waals surface area contributed by atoms with Crippen molar-refractivity contribution in [2.45, 2.75) is 25.8 Å². The average Bonchev–Trinajstić information content (AvgIpc) is 2.71. The molecule has 29 heavy (non-hydrogen) atoms.